The second-order valence-corrected chi connectivity index (χ2v) is 7.12. The van der Waals surface area contributed by atoms with Crippen molar-refractivity contribution < 1.29 is 19.1 Å². The fraction of sp³-hybridized carbons (Fsp3) is 0.0833. The monoisotopic (exact) mass is 434 g/mol. The highest BCUT2D eigenvalue weighted by Crippen LogP contribution is 2.37. The van der Waals surface area contributed by atoms with Crippen molar-refractivity contribution in [3.63, 3.8) is 0 Å². The molecule has 0 fully saturated rings. The minimum atomic E-state index is -0.494. The number of rotatable bonds is 6. The van der Waals surface area contributed by atoms with Gasteiger partial charge in [0.25, 0.3) is 11.8 Å². The van der Waals surface area contributed by atoms with E-state index in [9.17, 15) is 9.59 Å². The largest absolute Gasteiger partial charge is 0.493 e. The van der Waals surface area contributed by atoms with Crippen LogP contribution >= 0.6 is 11.6 Å². The molecule has 0 spiro atoms. The van der Waals surface area contributed by atoms with Gasteiger partial charge in [-0.05, 0) is 29.8 Å². The maximum absolute atomic E-state index is 13.4. The highest BCUT2D eigenvalue weighted by atomic mass is 35.5. The zero-order valence-corrected chi connectivity index (χ0v) is 17.6. The van der Waals surface area contributed by atoms with Gasteiger partial charge in [-0.25, -0.2) is 4.90 Å². The van der Waals surface area contributed by atoms with Gasteiger partial charge in [0, 0.05) is 11.8 Å². The van der Waals surface area contributed by atoms with Gasteiger partial charge in [0.05, 0.1) is 30.5 Å². The van der Waals surface area contributed by atoms with Crippen LogP contribution in [0, 0.1) is 0 Å². The zero-order valence-electron chi connectivity index (χ0n) is 16.9. The number of nitrogens with zero attached hydrogens (tertiary/aromatic N) is 1. The molecular formula is C24H19ClN2O4. The van der Waals surface area contributed by atoms with Gasteiger partial charge in [-0.1, -0.05) is 54.1 Å². The van der Waals surface area contributed by atoms with Crippen molar-refractivity contribution in [2.45, 2.75) is 0 Å². The quantitative estimate of drug-likeness (QED) is 0.567. The first kappa shape index (κ1) is 20.5. The Labute approximate surface area is 184 Å². The van der Waals surface area contributed by atoms with Crippen molar-refractivity contribution >= 4 is 40.4 Å². The standard InChI is InChI=1S/C24H19ClN2O4/c1-30-19-13-12-16(14-20(19)31-2)26-22-21(15-8-4-3-5-9-15)23(28)27(24(22)29)18-11-7-6-10-17(18)25/h3-14,26H,1-2H3. The Hall–Kier alpha value is -3.77. The lowest BCUT2D eigenvalue weighted by Gasteiger charge is -2.17. The predicted molar refractivity (Wildman–Crippen MR) is 120 cm³/mol. The molecule has 1 aliphatic heterocycles. The molecular weight excluding hydrogens is 416 g/mol. The lowest BCUT2D eigenvalue weighted by atomic mass is 10.0. The van der Waals surface area contributed by atoms with E-state index in [1.807, 2.05) is 18.2 Å². The summed E-state index contributed by atoms with van der Waals surface area (Å²) < 4.78 is 10.6. The van der Waals surface area contributed by atoms with Gasteiger partial charge < -0.3 is 14.8 Å². The molecule has 0 radical (unpaired) electrons. The number of nitrogens with one attached hydrogen (secondary N) is 1. The van der Waals surface area contributed by atoms with E-state index in [1.165, 1.54) is 7.11 Å². The number of ether oxygens (including phenoxy) is 2. The minimum Gasteiger partial charge on any atom is -0.493 e. The Morgan fingerprint density at radius 2 is 1.48 bits per heavy atom. The predicted octanol–water partition coefficient (Wildman–Crippen LogP) is 4.75. The molecule has 0 saturated heterocycles. The highest BCUT2D eigenvalue weighted by molar-refractivity contribution is 6.48. The summed E-state index contributed by atoms with van der Waals surface area (Å²) in [7, 11) is 3.07. The molecule has 1 heterocycles. The van der Waals surface area contributed by atoms with E-state index in [1.54, 1.807) is 61.7 Å². The molecule has 0 atom stereocenters. The van der Waals surface area contributed by atoms with Crippen LogP contribution in [-0.4, -0.2) is 26.0 Å². The Kier molecular flexibility index (Phi) is 5.64. The molecule has 1 N–H and O–H groups in total. The molecule has 0 bridgehead atoms. The molecule has 0 aliphatic carbocycles. The van der Waals surface area contributed by atoms with E-state index < -0.39 is 11.8 Å². The Morgan fingerprint density at radius 3 is 2.16 bits per heavy atom. The molecule has 0 unspecified atom stereocenters. The lowest BCUT2D eigenvalue weighted by Crippen LogP contribution is -2.32. The third-order valence-electron chi connectivity index (χ3n) is 4.89. The van der Waals surface area contributed by atoms with Crippen LogP contribution in [0.5, 0.6) is 11.5 Å². The number of methoxy groups -OCH3 is 2. The first-order valence-corrected chi connectivity index (χ1v) is 9.85. The Morgan fingerprint density at radius 1 is 0.806 bits per heavy atom. The van der Waals surface area contributed by atoms with E-state index >= 15 is 0 Å². The highest BCUT2D eigenvalue weighted by Gasteiger charge is 2.41. The summed E-state index contributed by atoms with van der Waals surface area (Å²) in [6.07, 6.45) is 0. The summed E-state index contributed by atoms with van der Waals surface area (Å²) in [5.74, 6) is 0.102. The van der Waals surface area contributed by atoms with E-state index in [0.29, 0.717) is 33.5 Å². The molecule has 1 aliphatic rings. The van der Waals surface area contributed by atoms with Crippen LogP contribution in [0.4, 0.5) is 11.4 Å². The van der Waals surface area contributed by atoms with E-state index in [4.69, 9.17) is 21.1 Å². The Balaban J connectivity index is 1.82. The van der Waals surface area contributed by atoms with Crippen molar-refractivity contribution in [3.8, 4) is 11.5 Å². The normalized spacial score (nSPS) is 13.6. The van der Waals surface area contributed by atoms with Crippen molar-refractivity contribution in [2.75, 3.05) is 24.4 Å². The van der Waals surface area contributed by atoms with Gasteiger partial charge in [-0.2, -0.15) is 0 Å². The van der Waals surface area contributed by atoms with Gasteiger partial charge in [-0.15, -0.1) is 0 Å². The van der Waals surface area contributed by atoms with Crippen LogP contribution in [0.2, 0.25) is 5.02 Å². The number of hydrogen-bond donors (Lipinski definition) is 1. The number of amides is 2. The van der Waals surface area contributed by atoms with Gasteiger partial charge in [0.2, 0.25) is 0 Å². The average molecular weight is 435 g/mol. The maximum atomic E-state index is 13.4. The summed E-state index contributed by atoms with van der Waals surface area (Å²) >= 11 is 6.29. The number of anilines is 2. The average Bonchev–Trinajstić information content (AvgIpc) is 3.04. The summed E-state index contributed by atoms with van der Waals surface area (Å²) in [6.45, 7) is 0. The van der Waals surface area contributed by atoms with Crippen molar-refractivity contribution in [1.82, 2.24) is 0 Å². The smallest absolute Gasteiger partial charge is 0.282 e. The number of hydrogen-bond acceptors (Lipinski definition) is 5. The number of halogens is 1. The SMILES string of the molecule is COc1ccc(NC2=C(c3ccccc3)C(=O)N(c3ccccc3Cl)C2=O)cc1OC. The number of carbonyl (C=O) groups excluding carboxylic acids is 2. The van der Waals surface area contributed by atoms with Crippen LogP contribution < -0.4 is 19.7 Å². The van der Waals surface area contributed by atoms with Crippen LogP contribution in [0.1, 0.15) is 5.56 Å². The summed E-state index contributed by atoms with van der Waals surface area (Å²) in [6, 6.07) is 20.9. The molecule has 6 nitrogen and oxygen atoms in total. The van der Waals surface area contributed by atoms with Crippen molar-refractivity contribution in [2.24, 2.45) is 0 Å². The third-order valence-corrected chi connectivity index (χ3v) is 5.21. The van der Waals surface area contributed by atoms with E-state index in [-0.39, 0.29) is 11.3 Å². The molecule has 7 heteroatoms. The first-order valence-electron chi connectivity index (χ1n) is 9.47. The van der Waals surface area contributed by atoms with Crippen LogP contribution in [0.25, 0.3) is 5.57 Å². The lowest BCUT2D eigenvalue weighted by molar-refractivity contribution is -0.120. The van der Waals surface area contributed by atoms with Gasteiger partial charge >= 0.3 is 0 Å². The maximum Gasteiger partial charge on any atom is 0.282 e. The van der Waals surface area contributed by atoms with Crippen LogP contribution in [0.15, 0.2) is 78.5 Å². The summed E-state index contributed by atoms with van der Waals surface area (Å²) in [5, 5.41) is 3.41. The fourth-order valence-electron chi connectivity index (χ4n) is 3.43. The fourth-order valence-corrected chi connectivity index (χ4v) is 3.65. The molecule has 156 valence electrons. The summed E-state index contributed by atoms with van der Waals surface area (Å²) in [5.41, 5.74) is 1.95. The number of imide groups is 1. The summed E-state index contributed by atoms with van der Waals surface area (Å²) in [4.78, 5) is 27.9. The van der Waals surface area contributed by atoms with Crippen molar-refractivity contribution in [3.05, 3.63) is 89.1 Å². The van der Waals surface area contributed by atoms with Gasteiger partial charge in [0.15, 0.2) is 11.5 Å². The van der Waals surface area contributed by atoms with Crippen LogP contribution in [0.3, 0.4) is 0 Å². The topological polar surface area (TPSA) is 67.9 Å². The van der Waals surface area contributed by atoms with Gasteiger partial charge in [-0.3, -0.25) is 9.59 Å². The van der Waals surface area contributed by atoms with Gasteiger partial charge in [0.1, 0.15) is 5.70 Å². The number of carbonyl (C=O) groups is 2. The molecule has 31 heavy (non-hydrogen) atoms. The zero-order chi connectivity index (χ0) is 22.0. The van der Waals surface area contributed by atoms with Crippen LogP contribution in [-0.2, 0) is 9.59 Å². The van der Waals surface area contributed by atoms with E-state index in [0.717, 1.165) is 4.90 Å². The molecule has 2 amide bonds. The number of para-hydroxylation sites is 1. The second kappa shape index (κ2) is 8.53. The molecule has 3 aromatic carbocycles. The first-order chi connectivity index (χ1) is 15.0. The molecule has 0 aromatic heterocycles. The van der Waals surface area contributed by atoms with Crippen molar-refractivity contribution in [1.29, 1.82) is 0 Å². The Bertz CT molecular complexity index is 1190. The van der Waals surface area contributed by atoms with E-state index in [2.05, 4.69) is 5.32 Å². The third kappa shape index (κ3) is 3.73. The minimum absolute atomic E-state index is 0.156. The number of benzene rings is 3. The molecule has 4 rings (SSSR count). The molecule has 3 aromatic rings. The molecule has 0 saturated carbocycles. The second-order valence-electron chi connectivity index (χ2n) is 6.71.